The fraction of sp³-hybridized carbons (Fsp3) is 0.259. The van der Waals surface area contributed by atoms with Crippen molar-refractivity contribution < 1.29 is 13.9 Å². The normalized spacial score (nSPS) is 16.6. The van der Waals surface area contributed by atoms with Crippen LogP contribution in [0.4, 0.5) is 10.2 Å². The van der Waals surface area contributed by atoms with Gasteiger partial charge in [0.1, 0.15) is 0 Å². The number of rotatable bonds is 6. The number of amides is 1. The molecular weight excluding hydrogens is 572 g/mol. The second-order valence-electron chi connectivity index (χ2n) is 8.58. The Balaban J connectivity index is 1.32. The minimum atomic E-state index is -2.36. The Hall–Kier alpha value is -3.34. The van der Waals surface area contributed by atoms with Crippen molar-refractivity contribution in [1.82, 2.24) is 9.88 Å². The van der Waals surface area contributed by atoms with Crippen LogP contribution in [0, 0.1) is 12.7 Å². The third-order valence-electron chi connectivity index (χ3n) is 6.10. The third-order valence-corrected chi connectivity index (χ3v) is 10.6. The van der Waals surface area contributed by atoms with Crippen LogP contribution in [0.3, 0.4) is 0 Å². The van der Waals surface area contributed by atoms with E-state index < -0.39 is 20.1 Å². The van der Waals surface area contributed by atoms with Gasteiger partial charge in [-0.25, -0.2) is 0 Å². The summed E-state index contributed by atoms with van der Waals surface area (Å²) in [6, 6.07) is 18.0. The summed E-state index contributed by atoms with van der Waals surface area (Å²) in [5.74, 6) is 2.08. The fourth-order valence-electron chi connectivity index (χ4n) is 4.11. The predicted octanol–water partition coefficient (Wildman–Crippen LogP) is 4.51. The summed E-state index contributed by atoms with van der Waals surface area (Å²) in [5.41, 5.74) is 2.84. The number of ether oxygens (including phenoxy) is 1. The number of nitrogens with zero attached hydrogens (tertiary/aromatic N) is 5. The standard InChI is InChI=1S/C27H27FIN5O2/c1-19-10-11-30-24(16-19)33-12-14-34(15-13-33)25(35)18-29-26(20-6-8-22(28)9-7-20)31-27(32-29)21-4-3-5-23(17-21)36-2/h3-11,16-17H,12-15,18H2,1-2H3. The van der Waals surface area contributed by atoms with E-state index in [2.05, 4.69) is 22.9 Å². The molecule has 0 unspecified atom stereocenters. The van der Waals surface area contributed by atoms with E-state index in [4.69, 9.17) is 12.9 Å². The van der Waals surface area contributed by atoms with Gasteiger partial charge in [0, 0.05) is 0 Å². The molecule has 2 aromatic carbocycles. The Morgan fingerprint density at radius 2 is 1.81 bits per heavy atom. The molecule has 3 heterocycles. The van der Waals surface area contributed by atoms with Gasteiger partial charge < -0.3 is 0 Å². The van der Waals surface area contributed by atoms with Gasteiger partial charge in [-0.2, -0.15) is 0 Å². The number of aliphatic imine (C=N–C) groups is 1. The van der Waals surface area contributed by atoms with Gasteiger partial charge in [-0.1, -0.05) is 0 Å². The molecule has 1 amide bonds. The van der Waals surface area contributed by atoms with Crippen LogP contribution in [0.25, 0.3) is 0 Å². The third kappa shape index (κ3) is 5.40. The molecule has 0 N–H and O–H groups in total. The monoisotopic (exact) mass is 599 g/mol. The molecule has 1 aromatic heterocycles. The zero-order valence-electron chi connectivity index (χ0n) is 20.2. The van der Waals surface area contributed by atoms with E-state index in [9.17, 15) is 9.18 Å². The number of carbonyl (C=O) groups is 1. The molecule has 36 heavy (non-hydrogen) atoms. The Morgan fingerprint density at radius 1 is 1.03 bits per heavy atom. The Labute approximate surface area is 217 Å². The van der Waals surface area contributed by atoms with Crippen molar-refractivity contribution in [3.63, 3.8) is 0 Å². The van der Waals surface area contributed by atoms with Crippen molar-refractivity contribution in [3.05, 3.63) is 89.4 Å². The first-order chi connectivity index (χ1) is 17.5. The summed E-state index contributed by atoms with van der Waals surface area (Å²) in [7, 11) is 1.62. The molecule has 9 heteroatoms. The molecule has 0 spiro atoms. The number of hydrogen-bond donors (Lipinski definition) is 0. The van der Waals surface area contributed by atoms with Crippen molar-refractivity contribution in [3.8, 4) is 5.75 Å². The molecule has 1 saturated heterocycles. The topological polar surface area (TPSA) is 70.4 Å². The predicted molar refractivity (Wildman–Crippen MR) is 149 cm³/mol. The van der Waals surface area contributed by atoms with Crippen molar-refractivity contribution in [2.45, 2.75) is 6.92 Å². The van der Waals surface area contributed by atoms with Crippen LogP contribution in [-0.4, -0.2) is 63.1 Å². The molecule has 0 aliphatic carbocycles. The molecule has 0 saturated carbocycles. The first kappa shape index (κ1) is 24.4. The number of hydrogen-bond acceptors (Lipinski definition) is 6. The van der Waals surface area contributed by atoms with Crippen molar-refractivity contribution in [2.75, 3.05) is 42.6 Å². The van der Waals surface area contributed by atoms with Crippen LogP contribution < -0.4 is 9.64 Å². The van der Waals surface area contributed by atoms with Gasteiger partial charge >= 0.3 is 218 Å². The number of pyridine rings is 1. The molecule has 5 rings (SSSR count). The van der Waals surface area contributed by atoms with Gasteiger partial charge in [0.2, 0.25) is 0 Å². The number of piperazine rings is 1. The summed E-state index contributed by atoms with van der Waals surface area (Å²) >= 11 is -2.36. The Kier molecular flexibility index (Phi) is 7.26. The van der Waals surface area contributed by atoms with Crippen LogP contribution in [0.1, 0.15) is 16.7 Å². The number of alkyl halides is 1. The molecular formula is C27H27FIN5O2. The number of amidine groups is 1. The Morgan fingerprint density at radius 3 is 2.53 bits per heavy atom. The van der Waals surface area contributed by atoms with E-state index in [0.29, 0.717) is 23.4 Å². The summed E-state index contributed by atoms with van der Waals surface area (Å²) in [4.78, 5) is 26.8. The van der Waals surface area contributed by atoms with Crippen LogP contribution >= 0.6 is 20.1 Å². The number of aromatic nitrogens is 1. The van der Waals surface area contributed by atoms with Gasteiger partial charge in [-0.3, -0.25) is 0 Å². The summed E-state index contributed by atoms with van der Waals surface area (Å²) in [5, 5.41) is 0. The van der Waals surface area contributed by atoms with Gasteiger partial charge in [-0.15, -0.1) is 0 Å². The van der Waals surface area contributed by atoms with Crippen LogP contribution in [0.15, 0.2) is 75.1 Å². The summed E-state index contributed by atoms with van der Waals surface area (Å²) in [6.45, 7) is 4.83. The quantitative estimate of drug-likeness (QED) is 0.309. The molecule has 2 aliphatic rings. The van der Waals surface area contributed by atoms with Gasteiger partial charge in [0.25, 0.3) is 0 Å². The summed E-state index contributed by atoms with van der Waals surface area (Å²) < 4.78 is 25.1. The maximum absolute atomic E-state index is 13.6. The SMILES string of the molecule is COc1cccc(C2=NI(CC(=O)N3CCN(c4cc(C)ccn4)CC3)C(c3ccc(F)cc3)=N2)c1. The zero-order chi connectivity index (χ0) is 25.1. The minimum absolute atomic E-state index is 0.0995. The van der Waals surface area contributed by atoms with E-state index >= 15 is 0 Å². The molecule has 0 radical (unpaired) electrons. The van der Waals surface area contributed by atoms with E-state index in [-0.39, 0.29) is 11.7 Å². The second-order valence-corrected chi connectivity index (χ2v) is 12.8. The molecule has 7 nitrogen and oxygen atoms in total. The molecule has 186 valence electrons. The van der Waals surface area contributed by atoms with E-state index in [1.807, 2.05) is 41.4 Å². The number of halogens is 2. The number of anilines is 1. The molecule has 3 aromatic rings. The van der Waals surface area contributed by atoms with Gasteiger partial charge in [0.05, 0.1) is 0 Å². The average Bonchev–Trinajstić information content (AvgIpc) is 3.33. The van der Waals surface area contributed by atoms with Crippen LogP contribution in [-0.2, 0) is 4.79 Å². The van der Waals surface area contributed by atoms with Gasteiger partial charge in [-0.05, 0) is 0 Å². The van der Waals surface area contributed by atoms with Crippen molar-refractivity contribution in [1.29, 1.82) is 0 Å². The number of benzene rings is 2. The van der Waals surface area contributed by atoms with Crippen LogP contribution in [0.2, 0.25) is 0 Å². The zero-order valence-corrected chi connectivity index (χ0v) is 22.4. The Bertz CT molecular complexity index is 1320. The number of carbonyl (C=O) groups excluding carboxylic acids is 1. The average molecular weight is 599 g/mol. The second kappa shape index (κ2) is 10.7. The van der Waals surface area contributed by atoms with Gasteiger partial charge in [0.15, 0.2) is 0 Å². The number of methoxy groups -OCH3 is 1. The summed E-state index contributed by atoms with van der Waals surface area (Å²) in [6.07, 6.45) is 1.82. The molecule has 2 aliphatic heterocycles. The van der Waals surface area contributed by atoms with E-state index in [0.717, 1.165) is 39.5 Å². The molecule has 1 fully saturated rings. The van der Waals surface area contributed by atoms with E-state index in [1.54, 1.807) is 19.2 Å². The first-order valence-corrected chi connectivity index (χ1v) is 15.3. The maximum atomic E-state index is 13.6. The van der Waals surface area contributed by atoms with Crippen molar-refractivity contribution in [2.24, 2.45) is 8.20 Å². The fourth-order valence-corrected chi connectivity index (χ4v) is 8.50. The van der Waals surface area contributed by atoms with Crippen molar-refractivity contribution >= 4 is 41.4 Å². The first-order valence-electron chi connectivity index (χ1n) is 11.7. The molecule has 0 atom stereocenters. The molecule has 0 bridgehead atoms. The van der Waals surface area contributed by atoms with E-state index in [1.165, 1.54) is 17.7 Å². The number of aryl methyl sites for hydroxylation is 1. The van der Waals surface area contributed by atoms with Crippen LogP contribution in [0.5, 0.6) is 5.75 Å².